The zero-order valence-electron chi connectivity index (χ0n) is 11.0. The van der Waals surface area contributed by atoms with Gasteiger partial charge in [0.05, 0.1) is 11.7 Å². The number of aromatic nitrogens is 2. The maximum absolute atomic E-state index is 12.6. The lowest BCUT2D eigenvalue weighted by Crippen LogP contribution is -2.21. The van der Waals surface area contributed by atoms with Crippen LogP contribution in [0.5, 0.6) is 0 Å². The van der Waals surface area contributed by atoms with Crippen molar-refractivity contribution in [2.45, 2.75) is 13.0 Å². The second-order valence-electron chi connectivity index (χ2n) is 4.58. The average Bonchev–Trinajstić information content (AvgIpc) is 2.92. The molecule has 102 valence electrons. The minimum absolute atomic E-state index is 0.0172. The molecule has 0 radical (unpaired) electrons. The molecule has 2 aromatic heterocycles. The molecule has 3 rings (SSSR count). The highest BCUT2D eigenvalue weighted by Crippen LogP contribution is 2.30. The van der Waals surface area contributed by atoms with Gasteiger partial charge in [-0.25, -0.2) is 4.98 Å². The molecule has 0 fully saturated rings. The van der Waals surface area contributed by atoms with Gasteiger partial charge in [-0.3, -0.25) is 9.36 Å². The Kier molecular flexibility index (Phi) is 3.62. The zero-order chi connectivity index (χ0) is 13.9. The summed E-state index contributed by atoms with van der Waals surface area (Å²) < 4.78 is 1.65. The van der Waals surface area contributed by atoms with E-state index >= 15 is 0 Å². The molecule has 1 aromatic carbocycles. The van der Waals surface area contributed by atoms with Crippen molar-refractivity contribution < 1.29 is 0 Å². The van der Waals surface area contributed by atoms with Crippen molar-refractivity contribution in [1.82, 2.24) is 9.55 Å². The first-order valence-electron chi connectivity index (χ1n) is 6.53. The summed E-state index contributed by atoms with van der Waals surface area (Å²) in [4.78, 5) is 17.7. The second kappa shape index (κ2) is 5.56. The molecule has 0 unspecified atom stereocenters. The van der Waals surface area contributed by atoms with Gasteiger partial charge in [0.25, 0.3) is 5.56 Å². The van der Waals surface area contributed by atoms with Crippen molar-refractivity contribution in [1.29, 1.82) is 0 Å². The van der Waals surface area contributed by atoms with E-state index in [1.165, 1.54) is 11.3 Å². The summed E-state index contributed by atoms with van der Waals surface area (Å²) in [6, 6.07) is 9.94. The van der Waals surface area contributed by atoms with Gasteiger partial charge in [0.1, 0.15) is 4.83 Å². The normalized spacial score (nSPS) is 11.1. The summed E-state index contributed by atoms with van der Waals surface area (Å²) in [5.74, 6) is 0. The summed E-state index contributed by atoms with van der Waals surface area (Å²) in [5, 5.41) is 2.71. The predicted octanol–water partition coefficient (Wildman–Crippen LogP) is 2.47. The second-order valence-corrected chi connectivity index (χ2v) is 5.44. The molecular weight excluding hydrogens is 270 g/mol. The molecule has 2 N–H and O–H groups in total. The molecule has 5 heteroatoms. The van der Waals surface area contributed by atoms with Gasteiger partial charge in [-0.15, -0.1) is 11.3 Å². The van der Waals surface area contributed by atoms with Crippen molar-refractivity contribution in [3.63, 3.8) is 0 Å². The fraction of sp³-hybridized carbons (Fsp3) is 0.200. The lowest BCUT2D eigenvalue weighted by atomic mass is 10.1. The number of rotatable bonds is 4. The molecule has 0 aliphatic carbocycles. The Balaban J connectivity index is 2.18. The van der Waals surface area contributed by atoms with E-state index in [4.69, 9.17) is 5.73 Å². The minimum Gasteiger partial charge on any atom is -0.330 e. The average molecular weight is 285 g/mol. The Labute approximate surface area is 120 Å². The van der Waals surface area contributed by atoms with Crippen molar-refractivity contribution >= 4 is 21.6 Å². The monoisotopic (exact) mass is 285 g/mol. The number of hydrogen-bond donors (Lipinski definition) is 1. The van der Waals surface area contributed by atoms with Crippen LogP contribution in [-0.2, 0) is 6.54 Å². The Morgan fingerprint density at radius 2 is 2.05 bits per heavy atom. The summed E-state index contributed by atoms with van der Waals surface area (Å²) in [6.07, 6.45) is 2.39. The topological polar surface area (TPSA) is 60.9 Å². The highest BCUT2D eigenvalue weighted by molar-refractivity contribution is 7.17. The van der Waals surface area contributed by atoms with Crippen LogP contribution in [0.2, 0.25) is 0 Å². The van der Waals surface area contributed by atoms with E-state index < -0.39 is 0 Å². The van der Waals surface area contributed by atoms with Crippen LogP contribution in [0.3, 0.4) is 0 Å². The fourth-order valence-corrected chi connectivity index (χ4v) is 3.13. The van der Waals surface area contributed by atoms with Crippen LogP contribution in [0.4, 0.5) is 0 Å². The van der Waals surface area contributed by atoms with Gasteiger partial charge in [-0.2, -0.15) is 0 Å². The van der Waals surface area contributed by atoms with E-state index in [-0.39, 0.29) is 5.56 Å². The molecule has 0 aliphatic rings. The van der Waals surface area contributed by atoms with Gasteiger partial charge >= 0.3 is 0 Å². The first-order chi connectivity index (χ1) is 9.81. The van der Waals surface area contributed by atoms with E-state index in [2.05, 4.69) is 4.98 Å². The van der Waals surface area contributed by atoms with Crippen molar-refractivity contribution in [2.24, 2.45) is 5.73 Å². The van der Waals surface area contributed by atoms with Crippen LogP contribution in [0.25, 0.3) is 21.3 Å². The van der Waals surface area contributed by atoms with Crippen LogP contribution >= 0.6 is 11.3 Å². The SMILES string of the molecule is NCCCn1cnc2scc(-c3ccccc3)c2c1=O. The van der Waals surface area contributed by atoms with E-state index in [1.807, 2.05) is 35.7 Å². The van der Waals surface area contributed by atoms with Crippen LogP contribution in [-0.4, -0.2) is 16.1 Å². The molecule has 0 aliphatic heterocycles. The standard InChI is InChI=1S/C15H15N3OS/c16-7-4-8-18-10-17-14-13(15(18)19)12(9-20-14)11-5-2-1-3-6-11/h1-3,5-6,9-10H,4,7-8,16H2. The summed E-state index contributed by atoms with van der Waals surface area (Å²) in [6.45, 7) is 1.18. The number of thiophene rings is 1. The molecule has 0 bridgehead atoms. The Bertz CT molecular complexity index is 777. The molecule has 20 heavy (non-hydrogen) atoms. The van der Waals surface area contributed by atoms with Crippen molar-refractivity contribution in [2.75, 3.05) is 6.54 Å². The van der Waals surface area contributed by atoms with Gasteiger partial charge in [0, 0.05) is 17.5 Å². The number of aryl methyl sites for hydroxylation is 1. The van der Waals surface area contributed by atoms with E-state index in [1.54, 1.807) is 10.9 Å². The van der Waals surface area contributed by atoms with E-state index in [0.29, 0.717) is 18.5 Å². The van der Waals surface area contributed by atoms with Crippen LogP contribution in [0.1, 0.15) is 6.42 Å². The third kappa shape index (κ3) is 2.26. The van der Waals surface area contributed by atoms with E-state index in [9.17, 15) is 4.79 Å². The van der Waals surface area contributed by atoms with Crippen LogP contribution in [0.15, 0.2) is 46.8 Å². The van der Waals surface area contributed by atoms with Gasteiger partial charge in [-0.05, 0) is 18.5 Å². The van der Waals surface area contributed by atoms with Crippen LogP contribution in [0, 0.1) is 0 Å². The summed E-state index contributed by atoms with van der Waals surface area (Å²) >= 11 is 1.51. The van der Waals surface area contributed by atoms with Gasteiger partial charge in [0.2, 0.25) is 0 Å². The Morgan fingerprint density at radius 3 is 2.80 bits per heavy atom. The maximum Gasteiger partial charge on any atom is 0.262 e. The highest BCUT2D eigenvalue weighted by atomic mass is 32.1. The minimum atomic E-state index is 0.0172. The summed E-state index contributed by atoms with van der Waals surface area (Å²) in [7, 11) is 0. The van der Waals surface area contributed by atoms with Crippen molar-refractivity contribution in [3.8, 4) is 11.1 Å². The lowest BCUT2D eigenvalue weighted by Gasteiger charge is -2.05. The predicted molar refractivity (Wildman–Crippen MR) is 83.0 cm³/mol. The quantitative estimate of drug-likeness (QED) is 0.801. The Morgan fingerprint density at radius 1 is 1.25 bits per heavy atom. The third-order valence-corrected chi connectivity index (χ3v) is 4.13. The van der Waals surface area contributed by atoms with E-state index in [0.717, 1.165) is 22.4 Å². The molecule has 0 amide bonds. The molecule has 2 heterocycles. The largest absolute Gasteiger partial charge is 0.330 e. The fourth-order valence-electron chi connectivity index (χ4n) is 2.22. The Hall–Kier alpha value is -1.98. The molecule has 0 spiro atoms. The molecule has 4 nitrogen and oxygen atoms in total. The zero-order valence-corrected chi connectivity index (χ0v) is 11.8. The first-order valence-corrected chi connectivity index (χ1v) is 7.41. The molecule has 0 atom stereocenters. The number of benzene rings is 1. The number of fused-ring (bicyclic) bond motifs is 1. The smallest absolute Gasteiger partial charge is 0.262 e. The molecular formula is C15H15N3OS. The first kappa shape index (κ1) is 13.0. The highest BCUT2D eigenvalue weighted by Gasteiger charge is 2.12. The molecule has 3 aromatic rings. The van der Waals surface area contributed by atoms with Crippen molar-refractivity contribution in [3.05, 3.63) is 52.4 Å². The van der Waals surface area contributed by atoms with Gasteiger partial charge in [-0.1, -0.05) is 30.3 Å². The summed E-state index contributed by atoms with van der Waals surface area (Å²) in [5.41, 5.74) is 7.54. The number of hydrogen-bond acceptors (Lipinski definition) is 4. The molecule has 0 saturated carbocycles. The van der Waals surface area contributed by atoms with Gasteiger partial charge in [0.15, 0.2) is 0 Å². The molecule has 0 saturated heterocycles. The maximum atomic E-state index is 12.6. The van der Waals surface area contributed by atoms with Crippen LogP contribution < -0.4 is 11.3 Å². The number of nitrogens with two attached hydrogens (primary N) is 1. The number of nitrogens with zero attached hydrogens (tertiary/aromatic N) is 2. The van der Waals surface area contributed by atoms with Gasteiger partial charge < -0.3 is 5.73 Å². The third-order valence-electron chi connectivity index (χ3n) is 3.25. The lowest BCUT2D eigenvalue weighted by molar-refractivity contribution is 0.625.